The fourth-order valence-electron chi connectivity index (χ4n) is 3.00. The van der Waals surface area contributed by atoms with Crippen molar-refractivity contribution in [1.82, 2.24) is 9.78 Å². The molecule has 1 heterocycles. The lowest BCUT2D eigenvalue weighted by molar-refractivity contribution is 0.619. The minimum absolute atomic E-state index is 0.650. The van der Waals surface area contributed by atoms with E-state index in [9.17, 15) is 0 Å². The van der Waals surface area contributed by atoms with Crippen LogP contribution in [0.1, 0.15) is 44.1 Å². The van der Waals surface area contributed by atoms with Gasteiger partial charge in [0.2, 0.25) is 0 Å². The van der Waals surface area contributed by atoms with Gasteiger partial charge in [-0.15, -0.1) is 0 Å². The number of anilines is 1. The monoisotopic (exact) mass is 269 g/mol. The summed E-state index contributed by atoms with van der Waals surface area (Å²) >= 11 is 0. The van der Waals surface area contributed by atoms with E-state index < -0.39 is 0 Å². The molecule has 1 aromatic heterocycles. The van der Waals surface area contributed by atoms with Crippen LogP contribution in [0, 0.1) is 0 Å². The molecule has 1 aromatic carbocycles. The second-order valence-electron chi connectivity index (χ2n) is 5.74. The van der Waals surface area contributed by atoms with Crippen molar-refractivity contribution >= 4 is 5.69 Å². The van der Waals surface area contributed by atoms with Crippen LogP contribution >= 0.6 is 0 Å². The first-order valence-electron chi connectivity index (χ1n) is 7.73. The van der Waals surface area contributed by atoms with Gasteiger partial charge in [0.25, 0.3) is 0 Å². The number of aromatic nitrogens is 2. The number of benzene rings is 1. The van der Waals surface area contributed by atoms with Crippen molar-refractivity contribution in [3.63, 3.8) is 0 Å². The molecular weight excluding hydrogens is 246 g/mol. The molecule has 3 rings (SSSR count). The molecular formula is C17H23N3. The van der Waals surface area contributed by atoms with E-state index in [1.54, 1.807) is 0 Å². The quantitative estimate of drug-likeness (QED) is 0.848. The summed E-state index contributed by atoms with van der Waals surface area (Å²) in [5, 5.41) is 7.98. The van der Waals surface area contributed by atoms with Crippen LogP contribution in [0.3, 0.4) is 0 Å². The number of hydrogen-bond donors (Lipinski definition) is 1. The maximum atomic E-state index is 4.27. The van der Waals surface area contributed by atoms with E-state index >= 15 is 0 Å². The van der Waals surface area contributed by atoms with E-state index in [1.807, 2.05) is 23.1 Å². The van der Waals surface area contributed by atoms with Gasteiger partial charge in [-0.2, -0.15) is 5.10 Å². The van der Waals surface area contributed by atoms with Crippen LogP contribution in [0.2, 0.25) is 0 Å². The Morgan fingerprint density at radius 2 is 1.95 bits per heavy atom. The van der Waals surface area contributed by atoms with E-state index in [2.05, 4.69) is 34.7 Å². The van der Waals surface area contributed by atoms with Gasteiger partial charge in [0.15, 0.2) is 0 Å². The first-order chi connectivity index (χ1) is 9.90. The zero-order valence-corrected chi connectivity index (χ0v) is 12.0. The van der Waals surface area contributed by atoms with Crippen LogP contribution in [0.15, 0.2) is 42.7 Å². The Kier molecular flexibility index (Phi) is 4.36. The highest BCUT2D eigenvalue weighted by Gasteiger charge is 2.11. The summed E-state index contributed by atoms with van der Waals surface area (Å²) in [6, 6.07) is 11.4. The molecule has 0 radical (unpaired) electrons. The van der Waals surface area contributed by atoms with Gasteiger partial charge in [0, 0.05) is 24.1 Å². The fraction of sp³-hybridized carbons (Fsp3) is 0.471. The van der Waals surface area contributed by atoms with Crippen LogP contribution in [0.5, 0.6) is 0 Å². The predicted octanol–water partition coefficient (Wildman–Crippen LogP) is 4.07. The summed E-state index contributed by atoms with van der Waals surface area (Å²) in [4.78, 5) is 0. The smallest absolute Gasteiger partial charge is 0.0660 e. The Bertz CT molecular complexity index is 511. The Balaban J connectivity index is 1.64. The van der Waals surface area contributed by atoms with E-state index in [-0.39, 0.29) is 0 Å². The van der Waals surface area contributed by atoms with Crippen LogP contribution in [-0.4, -0.2) is 15.8 Å². The minimum Gasteiger partial charge on any atom is -0.382 e. The molecule has 0 atom stereocenters. The third-order valence-corrected chi connectivity index (χ3v) is 4.06. The van der Waals surface area contributed by atoms with Gasteiger partial charge in [-0.25, -0.2) is 0 Å². The lowest BCUT2D eigenvalue weighted by Crippen LogP contribution is -2.18. The fourth-order valence-corrected chi connectivity index (χ4v) is 3.00. The largest absolute Gasteiger partial charge is 0.382 e. The number of nitrogens with zero attached hydrogens (tertiary/aromatic N) is 2. The molecule has 0 saturated heterocycles. The molecule has 3 nitrogen and oxygen atoms in total. The topological polar surface area (TPSA) is 29.9 Å². The Morgan fingerprint density at radius 3 is 2.70 bits per heavy atom. The third kappa shape index (κ3) is 3.62. The van der Waals surface area contributed by atoms with E-state index in [1.165, 1.54) is 49.8 Å². The average Bonchev–Trinajstić information content (AvgIpc) is 2.82. The normalized spacial score (nSPS) is 16.8. The average molecular weight is 269 g/mol. The second-order valence-corrected chi connectivity index (χ2v) is 5.74. The van der Waals surface area contributed by atoms with Gasteiger partial charge in [0.1, 0.15) is 0 Å². The molecule has 20 heavy (non-hydrogen) atoms. The molecule has 2 aromatic rings. The second kappa shape index (κ2) is 6.60. The molecule has 1 aliphatic carbocycles. The van der Waals surface area contributed by atoms with E-state index in [0.29, 0.717) is 6.04 Å². The molecule has 0 spiro atoms. The van der Waals surface area contributed by atoms with Crippen molar-refractivity contribution in [3.8, 4) is 0 Å². The molecule has 1 fully saturated rings. The van der Waals surface area contributed by atoms with Crippen molar-refractivity contribution < 1.29 is 0 Å². The van der Waals surface area contributed by atoms with Gasteiger partial charge < -0.3 is 5.32 Å². The lowest BCUT2D eigenvalue weighted by atomic mass is 10.1. The van der Waals surface area contributed by atoms with E-state index in [4.69, 9.17) is 0 Å². The molecule has 1 saturated carbocycles. The molecule has 0 amide bonds. The standard InChI is InChI=1S/C17H23N3/c1-2-4-9-16(8-3-1)19-17-10-5-7-15(13-17)14-20-12-6-11-18-20/h5-7,10-13,16,19H,1-4,8-9,14H2. The van der Waals surface area contributed by atoms with Crippen LogP contribution in [0.4, 0.5) is 5.69 Å². The number of rotatable bonds is 4. The highest BCUT2D eigenvalue weighted by atomic mass is 15.3. The molecule has 1 aliphatic rings. The summed E-state index contributed by atoms with van der Waals surface area (Å²) in [7, 11) is 0. The summed E-state index contributed by atoms with van der Waals surface area (Å²) in [5.74, 6) is 0. The third-order valence-electron chi connectivity index (χ3n) is 4.06. The molecule has 0 bridgehead atoms. The minimum atomic E-state index is 0.650. The summed E-state index contributed by atoms with van der Waals surface area (Å²) in [5.41, 5.74) is 2.55. The zero-order chi connectivity index (χ0) is 13.6. The van der Waals surface area contributed by atoms with Crippen molar-refractivity contribution in [2.45, 2.75) is 51.1 Å². The SMILES string of the molecule is c1cc(Cn2cccn2)cc(NC2CCCCCC2)c1. The number of hydrogen-bond acceptors (Lipinski definition) is 2. The molecule has 106 valence electrons. The lowest BCUT2D eigenvalue weighted by Gasteiger charge is -2.18. The maximum Gasteiger partial charge on any atom is 0.0660 e. The first-order valence-corrected chi connectivity index (χ1v) is 7.73. The Labute approximate surface area is 121 Å². The van der Waals surface area contributed by atoms with Crippen LogP contribution < -0.4 is 5.32 Å². The van der Waals surface area contributed by atoms with Crippen molar-refractivity contribution in [3.05, 3.63) is 48.3 Å². The van der Waals surface area contributed by atoms with Crippen molar-refractivity contribution in [2.75, 3.05) is 5.32 Å². The number of nitrogens with one attached hydrogen (secondary N) is 1. The van der Waals surface area contributed by atoms with Crippen molar-refractivity contribution in [2.24, 2.45) is 0 Å². The highest BCUT2D eigenvalue weighted by Crippen LogP contribution is 2.21. The first kappa shape index (κ1) is 13.2. The molecule has 3 heteroatoms. The van der Waals surface area contributed by atoms with E-state index in [0.717, 1.165) is 6.54 Å². The highest BCUT2D eigenvalue weighted by molar-refractivity contribution is 5.46. The molecule has 0 aliphatic heterocycles. The van der Waals surface area contributed by atoms with Gasteiger partial charge >= 0.3 is 0 Å². The van der Waals surface area contributed by atoms with Crippen LogP contribution in [0.25, 0.3) is 0 Å². The van der Waals surface area contributed by atoms with Crippen molar-refractivity contribution in [1.29, 1.82) is 0 Å². The van der Waals surface area contributed by atoms with Crippen LogP contribution in [-0.2, 0) is 6.54 Å². The Hall–Kier alpha value is -1.77. The van der Waals surface area contributed by atoms with Gasteiger partial charge in [0.05, 0.1) is 6.54 Å². The Morgan fingerprint density at radius 1 is 1.10 bits per heavy atom. The molecule has 0 unspecified atom stereocenters. The van der Waals surface area contributed by atoms with Gasteiger partial charge in [-0.05, 0) is 36.6 Å². The summed E-state index contributed by atoms with van der Waals surface area (Å²) in [6.45, 7) is 0.840. The maximum absolute atomic E-state index is 4.27. The van der Waals surface area contributed by atoms with Gasteiger partial charge in [-0.1, -0.05) is 37.8 Å². The summed E-state index contributed by atoms with van der Waals surface area (Å²) < 4.78 is 1.96. The summed E-state index contributed by atoms with van der Waals surface area (Å²) in [6.07, 6.45) is 12.0. The van der Waals surface area contributed by atoms with Gasteiger partial charge in [-0.3, -0.25) is 4.68 Å². The zero-order valence-electron chi connectivity index (χ0n) is 12.0. The molecule has 1 N–H and O–H groups in total. The predicted molar refractivity (Wildman–Crippen MR) is 82.9 cm³/mol.